The molecule has 0 spiro atoms. The number of hydrogen-bond acceptors (Lipinski definition) is 5. The van der Waals surface area contributed by atoms with Crippen molar-refractivity contribution in [2.45, 2.75) is 18.9 Å². The second-order valence-electron chi connectivity index (χ2n) is 4.52. The van der Waals surface area contributed by atoms with E-state index in [1.54, 1.807) is 12.1 Å². The molecule has 4 N–H and O–H groups in total. The number of carbonyl (C=O) groups excluding carboxylic acids is 1. The summed E-state index contributed by atoms with van der Waals surface area (Å²) in [6, 6.07) is 3.72. The molecule has 1 aromatic rings. The molecule has 0 bridgehead atoms. The third-order valence-electron chi connectivity index (χ3n) is 2.85. The van der Waals surface area contributed by atoms with Crippen LogP contribution in [0.3, 0.4) is 0 Å². The van der Waals surface area contributed by atoms with Crippen LogP contribution < -0.4 is 15.4 Å². The van der Waals surface area contributed by atoms with E-state index in [0.29, 0.717) is 29.4 Å². The molecule has 122 valence electrons. The Kier molecular flexibility index (Phi) is 7.65. The van der Waals surface area contributed by atoms with Gasteiger partial charge in [0.15, 0.2) is 0 Å². The van der Waals surface area contributed by atoms with Crippen LogP contribution in [0.1, 0.15) is 12.8 Å². The van der Waals surface area contributed by atoms with Crippen LogP contribution in [0.5, 0.6) is 5.75 Å². The minimum Gasteiger partial charge on any atom is -0.495 e. The molecule has 0 saturated carbocycles. The number of hydrogen-bond donors (Lipinski definition) is 4. The van der Waals surface area contributed by atoms with Crippen molar-refractivity contribution in [2.75, 3.05) is 25.6 Å². The van der Waals surface area contributed by atoms with Crippen LogP contribution in [0, 0.1) is 0 Å². The fourth-order valence-corrected chi connectivity index (χ4v) is 2.00. The van der Waals surface area contributed by atoms with Crippen LogP contribution in [0.4, 0.5) is 5.69 Å². The number of carbonyl (C=O) groups is 2. The van der Waals surface area contributed by atoms with E-state index in [9.17, 15) is 9.59 Å². The lowest BCUT2D eigenvalue weighted by atomic mass is 10.2. The molecule has 0 heterocycles. The first-order valence-corrected chi connectivity index (χ1v) is 7.06. The smallest absolute Gasteiger partial charge is 0.321 e. The number of rotatable bonds is 9. The van der Waals surface area contributed by atoms with Crippen molar-refractivity contribution < 1.29 is 24.5 Å². The number of carboxylic acid groups (broad SMARTS) is 1. The van der Waals surface area contributed by atoms with Gasteiger partial charge in [0.1, 0.15) is 11.8 Å². The van der Waals surface area contributed by atoms with Gasteiger partial charge in [-0.2, -0.15) is 0 Å². The summed E-state index contributed by atoms with van der Waals surface area (Å²) < 4.78 is 5.00. The highest BCUT2D eigenvalue weighted by atomic mass is 35.5. The molecule has 1 atom stereocenters. The van der Waals surface area contributed by atoms with Gasteiger partial charge in [-0.1, -0.05) is 11.6 Å². The molecule has 1 rings (SSSR count). The number of nitrogens with one attached hydrogen (secondary N) is 2. The summed E-state index contributed by atoms with van der Waals surface area (Å²) >= 11 is 5.95. The lowest BCUT2D eigenvalue weighted by molar-refractivity contribution is -0.141. The van der Waals surface area contributed by atoms with Crippen molar-refractivity contribution in [1.82, 2.24) is 5.32 Å². The van der Waals surface area contributed by atoms with Gasteiger partial charge in [0.25, 0.3) is 0 Å². The molecule has 0 aliphatic carbocycles. The summed E-state index contributed by atoms with van der Waals surface area (Å²) in [5, 5.41) is 23.4. The molecule has 0 fully saturated rings. The van der Waals surface area contributed by atoms with Crippen LogP contribution in [0.15, 0.2) is 18.2 Å². The third kappa shape index (κ3) is 5.88. The number of aliphatic hydroxyl groups excluding tert-OH is 1. The van der Waals surface area contributed by atoms with Gasteiger partial charge in [-0.25, -0.2) is 0 Å². The van der Waals surface area contributed by atoms with Crippen molar-refractivity contribution in [3.8, 4) is 5.75 Å². The predicted molar refractivity (Wildman–Crippen MR) is 82.4 cm³/mol. The van der Waals surface area contributed by atoms with E-state index in [0.717, 1.165) is 0 Å². The fourth-order valence-electron chi connectivity index (χ4n) is 1.74. The summed E-state index contributed by atoms with van der Waals surface area (Å²) in [4.78, 5) is 23.0. The highest BCUT2D eigenvalue weighted by molar-refractivity contribution is 6.32. The lowest BCUT2D eigenvalue weighted by Gasteiger charge is -2.14. The van der Waals surface area contributed by atoms with E-state index in [4.69, 9.17) is 26.6 Å². The quantitative estimate of drug-likeness (QED) is 0.505. The first kappa shape index (κ1) is 18.2. The number of aliphatic carboxylic acids is 1. The zero-order valence-corrected chi connectivity index (χ0v) is 12.9. The van der Waals surface area contributed by atoms with Gasteiger partial charge in [0.2, 0.25) is 5.91 Å². The van der Waals surface area contributed by atoms with E-state index < -0.39 is 17.9 Å². The number of ether oxygens (including phenoxy) is 1. The summed E-state index contributed by atoms with van der Waals surface area (Å²) in [6.07, 6.45) is 0.184. The molecule has 0 saturated heterocycles. The Labute approximate surface area is 133 Å². The van der Waals surface area contributed by atoms with Gasteiger partial charge in [-0.3, -0.25) is 9.59 Å². The van der Waals surface area contributed by atoms with E-state index in [1.165, 1.54) is 13.2 Å². The van der Waals surface area contributed by atoms with Crippen LogP contribution >= 0.6 is 11.6 Å². The second-order valence-corrected chi connectivity index (χ2v) is 4.93. The van der Waals surface area contributed by atoms with E-state index in [1.807, 2.05) is 0 Å². The Morgan fingerprint density at radius 3 is 2.68 bits per heavy atom. The number of aliphatic hydroxyl groups is 1. The Morgan fingerprint density at radius 1 is 1.41 bits per heavy atom. The number of amides is 1. The zero-order valence-electron chi connectivity index (χ0n) is 12.1. The molecule has 1 aromatic carbocycles. The van der Waals surface area contributed by atoms with Crippen LogP contribution in [-0.4, -0.2) is 48.4 Å². The molecule has 7 nitrogen and oxygen atoms in total. The van der Waals surface area contributed by atoms with E-state index in [2.05, 4.69) is 10.6 Å². The maximum Gasteiger partial charge on any atom is 0.321 e. The minimum atomic E-state index is -1.12. The number of methoxy groups -OCH3 is 1. The molecule has 0 radical (unpaired) electrons. The first-order valence-electron chi connectivity index (χ1n) is 6.68. The maximum atomic E-state index is 11.9. The molecule has 1 unspecified atom stereocenters. The number of halogens is 1. The monoisotopic (exact) mass is 330 g/mol. The first-order chi connectivity index (χ1) is 10.5. The third-order valence-corrected chi connectivity index (χ3v) is 3.14. The summed E-state index contributed by atoms with van der Waals surface area (Å²) in [6.45, 7) is 0.269. The van der Waals surface area contributed by atoms with Crippen molar-refractivity contribution in [3.05, 3.63) is 23.2 Å². The highest BCUT2D eigenvalue weighted by Gasteiger charge is 2.20. The minimum absolute atomic E-state index is 0.0458. The molecular weight excluding hydrogens is 312 g/mol. The van der Waals surface area contributed by atoms with Gasteiger partial charge in [-0.05, 0) is 31.2 Å². The van der Waals surface area contributed by atoms with Gasteiger partial charge in [0.05, 0.1) is 18.6 Å². The highest BCUT2D eigenvalue weighted by Crippen LogP contribution is 2.27. The molecule has 0 aromatic heterocycles. The second kappa shape index (κ2) is 9.24. The number of carboxylic acids is 1. The molecule has 22 heavy (non-hydrogen) atoms. The summed E-state index contributed by atoms with van der Waals surface area (Å²) in [5.74, 6) is -1.10. The zero-order chi connectivity index (χ0) is 16.5. The predicted octanol–water partition coefficient (Wildman–Crippen LogP) is 1.10. The molecular formula is C14H19ClN2O5. The van der Waals surface area contributed by atoms with Crippen LogP contribution in [-0.2, 0) is 9.59 Å². The number of benzene rings is 1. The molecule has 8 heteroatoms. The van der Waals surface area contributed by atoms with E-state index >= 15 is 0 Å². The Bertz CT molecular complexity index is 524. The van der Waals surface area contributed by atoms with Gasteiger partial charge < -0.3 is 25.6 Å². The average molecular weight is 331 g/mol. The molecule has 0 aliphatic heterocycles. The van der Waals surface area contributed by atoms with Gasteiger partial charge >= 0.3 is 5.97 Å². The standard InChI is InChI=1S/C14H19ClN2O5/c1-22-12-4-3-9(7-10(12)15)17-13(19)8-11(14(20)21)16-5-2-6-18/h3-4,7,11,16,18H,2,5-6,8H2,1H3,(H,17,19)(H,20,21). The largest absolute Gasteiger partial charge is 0.495 e. The van der Waals surface area contributed by atoms with Gasteiger partial charge in [0, 0.05) is 12.3 Å². The average Bonchev–Trinajstić information content (AvgIpc) is 2.46. The Hall–Kier alpha value is -1.83. The summed E-state index contributed by atoms with van der Waals surface area (Å²) in [5.41, 5.74) is 0.454. The fraction of sp³-hybridized carbons (Fsp3) is 0.429. The van der Waals surface area contributed by atoms with Crippen molar-refractivity contribution in [1.29, 1.82) is 0 Å². The van der Waals surface area contributed by atoms with Gasteiger partial charge in [-0.15, -0.1) is 0 Å². The van der Waals surface area contributed by atoms with Crippen molar-refractivity contribution in [2.24, 2.45) is 0 Å². The Morgan fingerprint density at radius 2 is 2.14 bits per heavy atom. The topological polar surface area (TPSA) is 108 Å². The summed E-state index contributed by atoms with van der Waals surface area (Å²) in [7, 11) is 1.48. The van der Waals surface area contributed by atoms with Crippen molar-refractivity contribution >= 4 is 29.2 Å². The normalized spacial score (nSPS) is 11.8. The number of anilines is 1. The van der Waals surface area contributed by atoms with E-state index in [-0.39, 0.29) is 13.0 Å². The van der Waals surface area contributed by atoms with Crippen molar-refractivity contribution in [3.63, 3.8) is 0 Å². The molecule has 1 amide bonds. The van der Waals surface area contributed by atoms with Crippen LogP contribution in [0.2, 0.25) is 5.02 Å². The maximum absolute atomic E-state index is 11.9. The SMILES string of the molecule is COc1ccc(NC(=O)CC(NCCCO)C(=O)O)cc1Cl. The molecule has 0 aliphatic rings. The Balaban J connectivity index is 2.59. The lowest BCUT2D eigenvalue weighted by Crippen LogP contribution is -2.40. The van der Waals surface area contributed by atoms with Crippen LogP contribution in [0.25, 0.3) is 0 Å².